The molecule has 1 aliphatic rings. The van der Waals surface area contributed by atoms with E-state index in [4.69, 9.17) is 5.73 Å². The third kappa shape index (κ3) is 1.59. The number of anilines is 2. The second-order valence-electron chi connectivity index (χ2n) is 3.22. The van der Waals surface area contributed by atoms with Crippen molar-refractivity contribution in [3.8, 4) is 0 Å². The van der Waals surface area contributed by atoms with Crippen LogP contribution in [0.3, 0.4) is 0 Å². The predicted octanol–water partition coefficient (Wildman–Crippen LogP) is 0.555. The fourth-order valence-corrected chi connectivity index (χ4v) is 1.40. The van der Waals surface area contributed by atoms with Gasteiger partial charge in [0.1, 0.15) is 5.82 Å². The largest absolute Gasteiger partial charge is 0.384 e. The van der Waals surface area contributed by atoms with Crippen LogP contribution in [0.15, 0.2) is 12.3 Å². The van der Waals surface area contributed by atoms with E-state index in [1.807, 2.05) is 0 Å². The predicted molar refractivity (Wildman–Crippen MR) is 48.4 cm³/mol. The molecule has 0 spiro atoms. The van der Waals surface area contributed by atoms with E-state index in [1.165, 1.54) is 17.2 Å². The van der Waals surface area contributed by atoms with Crippen LogP contribution >= 0.6 is 0 Å². The third-order valence-corrected chi connectivity index (χ3v) is 2.13. The quantitative estimate of drug-likeness (QED) is 0.719. The fraction of sp³-hybridized carbons (Fsp3) is 0.500. The molecule has 2 heterocycles. The Labute approximate surface area is 79.8 Å². The van der Waals surface area contributed by atoms with Crippen molar-refractivity contribution in [1.29, 1.82) is 0 Å². The van der Waals surface area contributed by atoms with Crippen LogP contribution in [0.4, 0.5) is 20.5 Å². The van der Waals surface area contributed by atoms with Crippen molar-refractivity contribution in [3.63, 3.8) is 0 Å². The molecule has 1 saturated heterocycles. The Hall–Kier alpha value is -1.46. The molecule has 4 nitrogen and oxygen atoms in total. The third-order valence-electron chi connectivity index (χ3n) is 2.13. The maximum absolute atomic E-state index is 12.8. The molecule has 6 heteroatoms. The van der Waals surface area contributed by atoms with Crippen molar-refractivity contribution in [2.24, 2.45) is 0 Å². The van der Waals surface area contributed by atoms with E-state index in [2.05, 4.69) is 9.97 Å². The lowest BCUT2D eigenvalue weighted by atomic mass is 10.3. The van der Waals surface area contributed by atoms with Gasteiger partial charge >= 0.3 is 0 Å². The summed E-state index contributed by atoms with van der Waals surface area (Å²) < 4.78 is 25.7. The summed E-state index contributed by atoms with van der Waals surface area (Å²) in [6.45, 7) is -0.0186. The summed E-state index contributed by atoms with van der Waals surface area (Å²) >= 11 is 0. The minimum absolute atomic E-state index is 0.00931. The molecule has 2 atom stereocenters. The number of aromatic nitrogens is 2. The Morgan fingerprint density at radius 3 is 2.57 bits per heavy atom. The molecule has 2 rings (SSSR count). The maximum atomic E-state index is 12.8. The van der Waals surface area contributed by atoms with E-state index in [-0.39, 0.29) is 19.0 Å². The van der Waals surface area contributed by atoms with Gasteiger partial charge in [0.25, 0.3) is 0 Å². The Morgan fingerprint density at radius 1 is 1.36 bits per heavy atom. The van der Waals surface area contributed by atoms with Gasteiger partial charge in [0, 0.05) is 6.20 Å². The Bertz CT molecular complexity index is 323. The van der Waals surface area contributed by atoms with Gasteiger partial charge in [-0.25, -0.2) is 13.8 Å². The van der Waals surface area contributed by atoms with Gasteiger partial charge in [0.05, 0.1) is 13.1 Å². The number of hydrogen-bond acceptors (Lipinski definition) is 4. The molecule has 0 aromatic carbocycles. The number of alkyl halides is 2. The summed E-state index contributed by atoms with van der Waals surface area (Å²) in [6, 6.07) is 1.53. The molecular weight excluding hydrogens is 190 g/mol. The minimum Gasteiger partial charge on any atom is -0.384 e. The molecule has 0 unspecified atom stereocenters. The molecule has 0 radical (unpaired) electrons. The average molecular weight is 200 g/mol. The van der Waals surface area contributed by atoms with Gasteiger partial charge in [-0.05, 0) is 6.07 Å². The molecule has 1 aromatic heterocycles. The van der Waals surface area contributed by atoms with E-state index in [0.29, 0.717) is 5.82 Å². The van der Waals surface area contributed by atoms with Crippen LogP contribution < -0.4 is 10.6 Å². The second-order valence-corrected chi connectivity index (χ2v) is 3.22. The number of nitrogens with two attached hydrogens (primary N) is 1. The molecule has 1 fully saturated rings. The highest BCUT2D eigenvalue weighted by atomic mass is 19.2. The van der Waals surface area contributed by atoms with Crippen molar-refractivity contribution >= 4 is 11.8 Å². The van der Waals surface area contributed by atoms with Crippen molar-refractivity contribution in [2.75, 3.05) is 23.7 Å². The van der Waals surface area contributed by atoms with Gasteiger partial charge in [-0.3, -0.25) is 0 Å². The van der Waals surface area contributed by atoms with Crippen LogP contribution in [0.25, 0.3) is 0 Å². The van der Waals surface area contributed by atoms with Crippen LogP contribution in [0.1, 0.15) is 0 Å². The smallest absolute Gasteiger partial charge is 0.227 e. The van der Waals surface area contributed by atoms with Gasteiger partial charge in [0.2, 0.25) is 5.95 Å². The van der Waals surface area contributed by atoms with Crippen LogP contribution in [0.2, 0.25) is 0 Å². The number of nitrogens with zero attached hydrogens (tertiary/aromatic N) is 3. The van der Waals surface area contributed by atoms with Gasteiger partial charge in [-0.1, -0.05) is 0 Å². The lowest BCUT2D eigenvalue weighted by Gasteiger charge is -2.13. The molecule has 0 saturated carbocycles. The van der Waals surface area contributed by atoms with Gasteiger partial charge in [0.15, 0.2) is 12.3 Å². The molecule has 0 amide bonds. The Balaban J connectivity index is 2.17. The molecule has 76 valence electrons. The van der Waals surface area contributed by atoms with E-state index < -0.39 is 12.3 Å². The lowest BCUT2D eigenvalue weighted by Crippen LogP contribution is -2.22. The van der Waals surface area contributed by atoms with Crippen molar-refractivity contribution in [1.82, 2.24) is 9.97 Å². The van der Waals surface area contributed by atoms with Gasteiger partial charge in [-0.15, -0.1) is 0 Å². The molecule has 1 aliphatic heterocycles. The minimum atomic E-state index is -1.46. The molecule has 1 aromatic rings. The van der Waals surface area contributed by atoms with Crippen molar-refractivity contribution in [3.05, 3.63) is 12.3 Å². The van der Waals surface area contributed by atoms with E-state index in [0.717, 1.165) is 0 Å². The van der Waals surface area contributed by atoms with Crippen LogP contribution in [0.5, 0.6) is 0 Å². The number of nitrogen functional groups attached to an aromatic ring is 1. The molecule has 2 N–H and O–H groups in total. The standard InChI is InChI=1S/C8H10F2N4/c9-5-3-14(4-6(5)10)8-12-2-1-7(11)13-8/h1-2,5-6H,3-4H2,(H2,11,12,13)/t5-,6+. The SMILES string of the molecule is Nc1ccnc(N2C[C@@H](F)[C@@H](F)C2)n1. The van der Waals surface area contributed by atoms with E-state index >= 15 is 0 Å². The Morgan fingerprint density at radius 2 is 2.00 bits per heavy atom. The molecule has 0 aliphatic carbocycles. The number of halogens is 2. The zero-order valence-electron chi connectivity index (χ0n) is 7.40. The van der Waals surface area contributed by atoms with Crippen LogP contribution in [0, 0.1) is 0 Å². The lowest BCUT2D eigenvalue weighted by molar-refractivity contribution is 0.217. The zero-order chi connectivity index (χ0) is 10.1. The van der Waals surface area contributed by atoms with E-state index in [9.17, 15) is 8.78 Å². The summed E-state index contributed by atoms with van der Waals surface area (Å²) in [5.74, 6) is 0.584. The highest BCUT2D eigenvalue weighted by Gasteiger charge is 2.34. The van der Waals surface area contributed by atoms with Crippen molar-refractivity contribution < 1.29 is 8.78 Å². The summed E-state index contributed by atoms with van der Waals surface area (Å²) in [5, 5.41) is 0. The van der Waals surface area contributed by atoms with Crippen molar-refractivity contribution in [2.45, 2.75) is 12.3 Å². The number of hydrogen-bond donors (Lipinski definition) is 1. The summed E-state index contributed by atoms with van der Waals surface area (Å²) in [4.78, 5) is 9.23. The first-order chi connectivity index (χ1) is 6.66. The van der Waals surface area contributed by atoms with Crippen LogP contribution in [-0.4, -0.2) is 35.4 Å². The van der Waals surface area contributed by atoms with Crippen LogP contribution in [-0.2, 0) is 0 Å². The molecule has 14 heavy (non-hydrogen) atoms. The fourth-order valence-electron chi connectivity index (χ4n) is 1.40. The molecule has 0 bridgehead atoms. The summed E-state index contributed by atoms with van der Waals surface area (Å²) in [5.41, 5.74) is 5.43. The zero-order valence-corrected chi connectivity index (χ0v) is 7.40. The monoisotopic (exact) mass is 200 g/mol. The summed E-state index contributed by atoms with van der Waals surface area (Å²) in [6.07, 6.45) is -1.45. The first-order valence-corrected chi connectivity index (χ1v) is 4.28. The first-order valence-electron chi connectivity index (χ1n) is 4.28. The highest BCUT2D eigenvalue weighted by molar-refractivity contribution is 5.39. The topological polar surface area (TPSA) is 55.0 Å². The van der Waals surface area contributed by atoms with Gasteiger partial charge < -0.3 is 10.6 Å². The Kier molecular flexibility index (Phi) is 2.18. The first kappa shape index (κ1) is 9.11. The summed E-state index contributed by atoms with van der Waals surface area (Å²) in [7, 11) is 0. The maximum Gasteiger partial charge on any atom is 0.227 e. The van der Waals surface area contributed by atoms with E-state index in [1.54, 1.807) is 0 Å². The van der Waals surface area contributed by atoms with Gasteiger partial charge in [-0.2, -0.15) is 4.98 Å². The number of rotatable bonds is 1. The second kappa shape index (κ2) is 3.36. The normalized spacial score (nSPS) is 26.9. The molecular formula is C8H10F2N4. The average Bonchev–Trinajstić information content (AvgIpc) is 2.47. The highest BCUT2D eigenvalue weighted by Crippen LogP contribution is 2.20.